The zero-order valence-electron chi connectivity index (χ0n) is 23.0. The molecule has 37 heavy (non-hydrogen) atoms. The van der Waals surface area contributed by atoms with Crippen LogP contribution in [0.5, 0.6) is 0 Å². The van der Waals surface area contributed by atoms with E-state index >= 15 is 0 Å². The van der Waals surface area contributed by atoms with Gasteiger partial charge >= 0.3 is 5.97 Å². The van der Waals surface area contributed by atoms with Gasteiger partial charge in [-0.2, -0.15) is 0 Å². The molecule has 8 heteroatoms. The lowest BCUT2D eigenvalue weighted by atomic mass is 9.73. The van der Waals surface area contributed by atoms with E-state index in [1.54, 1.807) is 26.8 Å². The molecule has 2 aliphatic rings. The van der Waals surface area contributed by atoms with E-state index < -0.39 is 23.5 Å². The normalized spacial score (nSPS) is 18.5. The first-order valence-corrected chi connectivity index (χ1v) is 13.2. The molecule has 0 radical (unpaired) electrons. The third-order valence-electron chi connectivity index (χ3n) is 7.60. The average Bonchev–Trinajstić information content (AvgIpc) is 3.32. The molecule has 1 atom stereocenters. The number of esters is 1. The van der Waals surface area contributed by atoms with E-state index in [1.807, 2.05) is 19.2 Å². The highest BCUT2D eigenvalue weighted by molar-refractivity contribution is 6.01. The van der Waals surface area contributed by atoms with E-state index in [0.717, 1.165) is 35.5 Å². The zero-order valence-corrected chi connectivity index (χ0v) is 23.0. The van der Waals surface area contributed by atoms with E-state index in [0.29, 0.717) is 16.9 Å². The van der Waals surface area contributed by atoms with Gasteiger partial charge in [0.1, 0.15) is 17.5 Å². The number of ether oxygens (including phenoxy) is 1. The maximum absolute atomic E-state index is 13.2. The first-order chi connectivity index (χ1) is 17.2. The molecule has 2 heterocycles. The molecule has 1 aliphatic carbocycles. The van der Waals surface area contributed by atoms with Crippen molar-refractivity contribution in [3.8, 4) is 11.3 Å². The molecule has 1 saturated carbocycles. The van der Waals surface area contributed by atoms with Crippen LogP contribution in [0, 0.1) is 5.41 Å². The number of fused-ring (bicyclic) bond motifs is 1. The number of carbonyl (C=O) groups is 3. The number of nitrogens with two attached hydrogens (primary N) is 1. The summed E-state index contributed by atoms with van der Waals surface area (Å²) in [6.45, 7) is 10.3. The minimum atomic E-state index is -0.882. The number of aryl methyl sites for hydroxylation is 1. The topological polar surface area (TPSA) is 108 Å². The number of rotatable bonds is 7. The van der Waals surface area contributed by atoms with Gasteiger partial charge in [0.25, 0.3) is 5.91 Å². The molecule has 1 unspecified atom stereocenters. The Morgan fingerprint density at radius 1 is 1.22 bits per heavy atom. The molecule has 4 rings (SSSR count). The van der Waals surface area contributed by atoms with Crippen molar-refractivity contribution in [1.29, 1.82) is 0 Å². The maximum Gasteiger partial charge on any atom is 0.306 e. The van der Waals surface area contributed by atoms with E-state index in [1.165, 1.54) is 17.7 Å². The van der Waals surface area contributed by atoms with Crippen molar-refractivity contribution in [2.24, 2.45) is 18.2 Å². The van der Waals surface area contributed by atoms with Crippen molar-refractivity contribution in [3.63, 3.8) is 0 Å². The fourth-order valence-electron chi connectivity index (χ4n) is 5.51. The molecule has 2 aromatic rings. The maximum atomic E-state index is 13.2. The summed E-state index contributed by atoms with van der Waals surface area (Å²) >= 11 is 0. The van der Waals surface area contributed by atoms with Crippen LogP contribution in [0.2, 0.25) is 0 Å². The number of imidazole rings is 1. The van der Waals surface area contributed by atoms with Crippen LogP contribution in [0.4, 0.5) is 0 Å². The van der Waals surface area contributed by atoms with Gasteiger partial charge in [-0.25, -0.2) is 4.98 Å². The Morgan fingerprint density at radius 3 is 2.51 bits per heavy atom. The number of nitrogens with zero attached hydrogens (tertiary/aromatic N) is 3. The van der Waals surface area contributed by atoms with Crippen LogP contribution in [0.3, 0.4) is 0 Å². The van der Waals surface area contributed by atoms with Crippen LogP contribution >= 0.6 is 0 Å². The van der Waals surface area contributed by atoms with Crippen LogP contribution in [-0.4, -0.2) is 43.9 Å². The first kappa shape index (κ1) is 26.9. The predicted octanol–water partition coefficient (Wildman–Crippen LogP) is 4.70. The smallest absolute Gasteiger partial charge is 0.306 e. The fraction of sp³-hybridized carbons (Fsp3) is 0.586. The van der Waals surface area contributed by atoms with Crippen molar-refractivity contribution in [2.45, 2.75) is 97.2 Å². The SMILES string of the molecule is Cn1cc(-c2ccc3c(c2)CN(C(CCC(=O)OC(C)(C)C)C(N)=O)C3=O)nc1C1CCC(C)(C)CC1. The minimum Gasteiger partial charge on any atom is -0.460 e. The van der Waals surface area contributed by atoms with Gasteiger partial charge in [0, 0.05) is 43.3 Å². The standard InChI is InChI=1S/C29H40N4O4/c1-28(2,3)37-24(34)10-9-23(25(30)35)33-16-20-15-19(7-8-21(20)27(33)36)22-17-32(6)26(31-22)18-11-13-29(4,5)14-12-18/h7-8,15,17-18,23H,9-14,16H2,1-6H3,(H2,30,35). The Hall–Kier alpha value is -3.16. The quantitative estimate of drug-likeness (QED) is 0.546. The second-order valence-electron chi connectivity index (χ2n) is 12.4. The van der Waals surface area contributed by atoms with Gasteiger partial charge in [-0.15, -0.1) is 0 Å². The number of hydrogen-bond donors (Lipinski definition) is 1. The number of amides is 2. The van der Waals surface area contributed by atoms with Gasteiger partial charge in [0.2, 0.25) is 5.91 Å². The number of primary amides is 1. The van der Waals surface area contributed by atoms with Crippen LogP contribution in [0.1, 0.15) is 101 Å². The summed E-state index contributed by atoms with van der Waals surface area (Å²) in [5.74, 6) is 0.271. The van der Waals surface area contributed by atoms with Gasteiger partial charge in [-0.05, 0) is 76.0 Å². The summed E-state index contributed by atoms with van der Waals surface area (Å²) in [6, 6.07) is 4.81. The molecular weight excluding hydrogens is 468 g/mol. The number of benzene rings is 1. The molecule has 1 aromatic heterocycles. The minimum absolute atomic E-state index is 0.00527. The molecule has 1 fully saturated rings. The highest BCUT2D eigenvalue weighted by Gasteiger charge is 2.36. The summed E-state index contributed by atoms with van der Waals surface area (Å²) in [4.78, 5) is 44.1. The molecule has 0 spiro atoms. The second kappa shape index (κ2) is 9.95. The summed E-state index contributed by atoms with van der Waals surface area (Å²) in [5.41, 5.74) is 8.65. The third kappa shape index (κ3) is 6.05. The summed E-state index contributed by atoms with van der Waals surface area (Å²) in [6.07, 6.45) is 6.87. The summed E-state index contributed by atoms with van der Waals surface area (Å²) in [7, 11) is 2.05. The van der Waals surface area contributed by atoms with Crippen molar-refractivity contribution in [1.82, 2.24) is 14.5 Å². The van der Waals surface area contributed by atoms with Crippen molar-refractivity contribution in [3.05, 3.63) is 41.3 Å². The lowest BCUT2D eigenvalue weighted by molar-refractivity contribution is -0.155. The Labute approximate surface area is 219 Å². The van der Waals surface area contributed by atoms with Gasteiger partial charge in [-0.1, -0.05) is 19.9 Å². The van der Waals surface area contributed by atoms with Gasteiger partial charge in [-0.3, -0.25) is 14.4 Å². The predicted molar refractivity (Wildman–Crippen MR) is 142 cm³/mol. The lowest BCUT2D eigenvalue weighted by Gasteiger charge is -2.33. The van der Waals surface area contributed by atoms with Crippen LogP contribution in [-0.2, 0) is 27.9 Å². The molecule has 1 aromatic carbocycles. The van der Waals surface area contributed by atoms with Crippen molar-refractivity contribution >= 4 is 17.8 Å². The fourth-order valence-corrected chi connectivity index (χ4v) is 5.51. The van der Waals surface area contributed by atoms with Gasteiger partial charge in [0.15, 0.2) is 0 Å². The molecular formula is C29H40N4O4. The third-order valence-corrected chi connectivity index (χ3v) is 7.60. The number of aromatic nitrogens is 2. The molecule has 1 aliphatic heterocycles. The Bertz CT molecular complexity index is 1200. The van der Waals surface area contributed by atoms with Crippen LogP contribution < -0.4 is 5.73 Å². The Morgan fingerprint density at radius 2 is 1.89 bits per heavy atom. The molecule has 2 amide bonds. The van der Waals surface area contributed by atoms with Crippen molar-refractivity contribution in [2.75, 3.05) is 0 Å². The largest absolute Gasteiger partial charge is 0.460 e. The number of hydrogen-bond acceptors (Lipinski definition) is 5. The van der Waals surface area contributed by atoms with E-state index in [-0.39, 0.29) is 25.3 Å². The van der Waals surface area contributed by atoms with Gasteiger partial charge < -0.3 is 19.9 Å². The van der Waals surface area contributed by atoms with E-state index in [9.17, 15) is 14.4 Å². The molecule has 0 saturated heterocycles. The molecule has 200 valence electrons. The Kier molecular flexibility index (Phi) is 7.23. The monoisotopic (exact) mass is 508 g/mol. The molecule has 2 N–H and O–H groups in total. The van der Waals surface area contributed by atoms with Crippen LogP contribution in [0.25, 0.3) is 11.3 Å². The lowest BCUT2D eigenvalue weighted by Crippen LogP contribution is -2.45. The average molecular weight is 509 g/mol. The molecule has 8 nitrogen and oxygen atoms in total. The highest BCUT2D eigenvalue weighted by Crippen LogP contribution is 2.42. The van der Waals surface area contributed by atoms with E-state index in [2.05, 4.69) is 24.6 Å². The summed E-state index contributed by atoms with van der Waals surface area (Å²) in [5, 5.41) is 0. The number of carbonyl (C=O) groups excluding carboxylic acids is 3. The summed E-state index contributed by atoms with van der Waals surface area (Å²) < 4.78 is 7.47. The van der Waals surface area contributed by atoms with Crippen molar-refractivity contribution < 1.29 is 19.1 Å². The van der Waals surface area contributed by atoms with Gasteiger partial charge in [0.05, 0.1) is 5.69 Å². The molecule has 0 bridgehead atoms. The zero-order chi connectivity index (χ0) is 27.1. The Balaban J connectivity index is 1.49. The highest BCUT2D eigenvalue weighted by atomic mass is 16.6. The second-order valence-corrected chi connectivity index (χ2v) is 12.4. The van der Waals surface area contributed by atoms with E-state index in [4.69, 9.17) is 15.5 Å². The van der Waals surface area contributed by atoms with Crippen LogP contribution in [0.15, 0.2) is 24.4 Å². The first-order valence-electron chi connectivity index (χ1n) is 13.2.